The molecule has 2 bridgehead atoms. The summed E-state index contributed by atoms with van der Waals surface area (Å²) in [6.07, 6.45) is 8.55. The van der Waals surface area contributed by atoms with Crippen molar-refractivity contribution >= 4 is 29.0 Å². The van der Waals surface area contributed by atoms with Crippen LogP contribution in [0.1, 0.15) is 38.5 Å². The Labute approximate surface area is 146 Å². The summed E-state index contributed by atoms with van der Waals surface area (Å²) in [4.78, 5) is 0. The fraction of sp³-hybridized carbons (Fsp3) is 0.917. The van der Waals surface area contributed by atoms with Crippen LogP contribution in [0.5, 0.6) is 0 Å². The monoisotopic (exact) mass is 264 g/mol. The first-order chi connectivity index (χ1) is 6.75. The van der Waals surface area contributed by atoms with Crippen molar-refractivity contribution in [2.24, 2.45) is 29.6 Å². The van der Waals surface area contributed by atoms with Crippen molar-refractivity contribution in [1.82, 2.24) is 0 Å². The van der Waals surface area contributed by atoms with Crippen LogP contribution < -0.4 is 51.4 Å². The number of hydrogen-bond acceptors (Lipinski definition) is 2. The van der Waals surface area contributed by atoms with Gasteiger partial charge in [-0.05, 0) is 61.7 Å². The zero-order chi connectivity index (χ0) is 9.71. The Morgan fingerprint density at radius 3 is 2.60 bits per heavy atom. The maximum atomic E-state index is 5.08. The van der Waals surface area contributed by atoms with Gasteiger partial charge in [-0.25, -0.2) is 0 Å². The molecule has 3 heteroatoms. The minimum Gasteiger partial charge on any atom is -0.433 e. The average molecular weight is 264 g/mol. The molecular weight excluding hydrogens is 247 g/mol. The molecule has 0 N–H and O–H groups in total. The molecule has 3 aliphatic carbocycles. The molecule has 0 heterocycles. The van der Waals surface area contributed by atoms with Crippen molar-refractivity contribution in [2.45, 2.75) is 38.5 Å². The Kier molecular flexibility index (Phi) is 4.72. The molecule has 0 aromatic carbocycles. The van der Waals surface area contributed by atoms with E-state index in [0.717, 1.165) is 40.2 Å². The summed E-state index contributed by atoms with van der Waals surface area (Å²) in [6.45, 7) is 0. The Hall–Kier alpha value is 1.95. The van der Waals surface area contributed by atoms with Gasteiger partial charge in [-0.2, -0.15) is 4.20 Å². The van der Waals surface area contributed by atoms with Crippen LogP contribution in [-0.2, 0) is 12.6 Å². The van der Waals surface area contributed by atoms with Crippen molar-refractivity contribution in [1.29, 1.82) is 0 Å². The quantitative estimate of drug-likeness (QED) is 0.400. The summed E-state index contributed by atoms with van der Waals surface area (Å²) < 4.78 is 0.831. The number of thiocarbonyl (C=S) groups is 1. The molecule has 5 atom stereocenters. The molecule has 0 aromatic rings. The Balaban J connectivity index is 0.000000853. The molecule has 78 valence electrons. The molecule has 0 amide bonds. The van der Waals surface area contributed by atoms with Gasteiger partial charge in [0.15, 0.2) is 0 Å². The molecule has 3 fully saturated rings. The van der Waals surface area contributed by atoms with E-state index in [-0.39, 0.29) is 51.4 Å². The van der Waals surface area contributed by atoms with Crippen LogP contribution >= 0.6 is 12.2 Å². The third-order valence-corrected chi connectivity index (χ3v) is 5.33. The van der Waals surface area contributed by atoms with Crippen LogP contribution in [0.3, 0.4) is 0 Å². The standard InChI is InChI=1S/C12H18S2.K/c13-12(14)6-8-4-7-5-11(8)10-3-1-2-9(7)10;/h7-11H,1-6H2,(H,13,14);/q;+1/p-1. The average Bonchev–Trinajstić information content (AvgIpc) is 2.68. The summed E-state index contributed by atoms with van der Waals surface area (Å²) >= 11 is 10.2. The number of fused-ring (bicyclic) bond motifs is 5. The van der Waals surface area contributed by atoms with Crippen molar-refractivity contribution in [2.75, 3.05) is 0 Å². The molecule has 5 unspecified atom stereocenters. The van der Waals surface area contributed by atoms with E-state index in [1.165, 1.54) is 32.1 Å². The number of rotatable bonds is 2. The van der Waals surface area contributed by atoms with Crippen LogP contribution in [-0.4, -0.2) is 4.20 Å². The van der Waals surface area contributed by atoms with Gasteiger partial charge in [0.25, 0.3) is 0 Å². The minimum absolute atomic E-state index is 0. The fourth-order valence-electron chi connectivity index (χ4n) is 4.66. The second-order valence-corrected chi connectivity index (χ2v) is 6.73. The van der Waals surface area contributed by atoms with Crippen molar-refractivity contribution in [3.63, 3.8) is 0 Å². The second-order valence-electron chi connectivity index (χ2n) is 5.49. The molecule has 3 aliphatic rings. The van der Waals surface area contributed by atoms with E-state index in [1.807, 2.05) is 0 Å². The van der Waals surface area contributed by atoms with Gasteiger partial charge >= 0.3 is 51.4 Å². The van der Waals surface area contributed by atoms with E-state index in [9.17, 15) is 0 Å². The smallest absolute Gasteiger partial charge is 0.433 e. The SMILES string of the molecule is S=C([S-])CC1CC2CC1C1CCCC21.[K+]. The zero-order valence-electron chi connectivity index (χ0n) is 9.45. The van der Waals surface area contributed by atoms with E-state index in [2.05, 4.69) is 0 Å². The van der Waals surface area contributed by atoms with Crippen LogP contribution in [0.2, 0.25) is 0 Å². The van der Waals surface area contributed by atoms with Crippen molar-refractivity contribution in [3.05, 3.63) is 0 Å². The molecule has 3 saturated carbocycles. The van der Waals surface area contributed by atoms with Gasteiger partial charge in [-0.15, -0.1) is 0 Å². The minimum atomic E-state index is 0. The van der Waals surface area contributed by atoms with Gasteiger partial charge in [0, 0.05) is 0 Å². The molecule has 0 radical (unpaired) electrons. The summed E-state index contributed by atoms with van der Waals surface area (Å²) in [5.74, 6) is 5.12. The third-order valence-electron chi connectivity index (χ3n) is 5.00. The van der Waals surface area contributed by atoms with E-state index in [1.54, 1.807) is 0 Å². The summed E-state index contributed by atoms with van der Waals surface area (Å²) in [5.41, 5.74) is 0. The molecule has 0 spiro atoms. The van der Waals surface area contributed by atoms with Gasteiger partial charge in [0.05, 0.1) is 0 Å². The van der Waals surface area contributed by atoms with Gasteiger partial charge in [0.2, 0.25) is 0 Å². The van der Waals surface area contributed by atoms with Crippen LogP contribution in [0.25, 0.3) is 0 Å². The van der Waals surface area contributed by atoms with Crippen molar-refractivity contribution in [3.8, 4) is 0 Å². The van der Waals surface area contributed by atoms with E-state index in [0.29, 0.717) is 0 Å². The molecule has 3 rings (SSSR count). The number of hydrogen-bond donors (Lipinski definition) is 0. The molecule has 15 heavy (non-hydrogen) atoms. The Morgan fingerprint density at radius 1 is 1.13 bits per heavy atom. The van der Waals surface area contributed by atoms with E-state index in [4.69, 9.17) is 24.8 Å². The van der Waals surface area contributed by atoms with Gasteiger partial charge in [0.1, 0.15) is 0 Å². The normalized spacial score (nSPS) is 46.3. The first-order valence-corrected chi connectivity index (χ1v) is 6.77. The van der Waals surface area contributed by atoms with E-state index >= 15 is 0 Å². The van der Waals surface area contributed by atoms with Crippen LogP contribution in [0.4, 0.5) is 0 Å². The Bertz CT molecular complexity index is 266. The third kappa shape index (κ3) is 2.40. The predicted molar refractivity (Wildman–Crippen MR) is 65.1 cm³/mol. The van der Waals surface area contributed by atoms with Gasteiger partial charge in [-0.1, -0.05) is 6.42 Å². The maximum Gasteiger partial charge on any atom is 1.00 e. The first kappa shape index (κ1) is 13.4. The molecule has 0 saturated heterocycles. The van der Waals surface area contributed by atoms with Gasteiger partial charge < -0.3 is 24.8 Å². The largest absolute Gasteiger partial charge is 1.00 e. The molecule has 0 nitrogen and oxygen atoms in total. The zero-order valence-corrected chi connectivity index (χ0v) is 14.2. The van der Waals surface area contributed by atoms with Crippen LogP contribution in [0.15, 0.2) is 0 Å². The topological polar surface area (TPSA) is 0 Å². The maximum absolute atomic E-state index is 5.08. The summed E-state index contributed by atoms with van der Waals surface area (Å²) in [7, 11) is 0. The first-order valence-electron chi connectivity index (χ1n) is 5.95. The molecule has 0 aromatic heterocycles. The molecular formula is C12H17KS2. The fourth-order valence-corrected chi connectivity index (χ4v) is 5.09. The Morgan fingerprint density at radius 2 is 1.87 bits per heavy atom. The summed E-state index contributed by atoms with van der Waals surface area (Å²) in [5, 5.41) is 0. The summed E-state index contributed by atoms with van der Waals surface area (Å²) in [6, 6.07) is 0. The van der Waals surface area contributed by atoms with E-state index < -0.39 is 0 Å². The second kappa shape index (κ2) is 5.29. The van der Waals surface area contributed by atoms with Crippen LogP contribution in [0, 0.1) is 29.6 Å². The predicted octanol–water partition coefficient (Wildman–Crippen LogP) is 0.327. The molecule has 0 aliphatic heterocycles. The van der Waals surface area contributed by atoms with Gasteiger partial charge in [-0.3, -0.25) is 0 Å². The van der Waals surface area contributed by atoms with Crippen molar-refractivity contribution < 1.29 is 51.4 Å².